The lowest BCUT2D eigenvalue weighted by Gasteiger charge is -2.04. The minimum absolute atomic E-state index is 0.259. The number of amides is 1. The van der Waals surface area contributed by atoms with E-state index in [2.05, 4.69) is 25.6 Å². The van der Waals surface area contributed by atoms with Crippen LogP contribution in [0.2, 0.25) is 0 Å². The van der Waals surface area contributed by atoms with Crippen LogP contribution >= 0.6 is 0 Å². The first kappa shape index (κ1) is 12.3. The number of hydrogen-bond donors (Lipinski definition) is 2. The Morgan fingerprint density at radius 1 is 1.30 bits per heavy atom. The number of carbonyl (C=O) groups is 1. The summed E-state index contributed by atoms with van der Waals surface area (Å²) in [7, 11) is 0. The molecular weight excluding hydrogens is 256 g/mol. The van der Waals surface area contributed by atoms with Gasteiger partial charge < -0.3 is 5.32 Å². The number of aryl methyl sites for hydroxylation is 3. The Kier molecular flexibility index (Phi) is 2.74. The summed E-state index contributed by atoms with van der Waals surface area (Å²) in [6.07, 6.45) is 3.17. The number of anilines is 1. The molecule has 102 valence electrons. The smallest absolute Gasteiger partial charge is 0.262 e. The Labute approximate surface area is 115 Å². The van der Waals surface area contributed by atoms with Crippen LogP contribution in [0, 0.1) is 20.8 Å². The first-order chi connectivity index (χ1) is 9.56. The van der Waals surface area contributed by atoms with Crippen molar-refractivity contribution in [3.05, 3.63) is 41.0 Å². The zero-order chi connectivity index (χ0) is 14.3. The summed E-state index contributed by atoms with van der Waals surface area (Å²) in [4.78, 5) is 16.7. The number of nitrogens with zero attached hydrogens (tertiary/aromatic N) is 4. The Morgan fingerprint density at radius 2 is 2.10 bits per heavy atom. The molecular formula is C13H14N6O. The largest absolute Gasteiger partial charge is 0.307 e. The van der Waals surface area contributed by atoms with E-state index < -0.39 is 0 Å². The van der Waals surface area contributed by atoms with Crippen LogP contribution in [0.1, 0.15) is 27.3 Å². The third-order valence-corrected chi connectivity index (χ3v) is 3.09. The molecule has 0 radical (unpaired) electrons. The summed E-state index contributed by atoms with van der Waals surface area (Å²) in [6, 6.07) is 1.92. The lowest BCUT2D eigenvalue weighted by molar-refractivity contribution is 0.102. The summed E-state index contributed by atoms with van der Waals surface area (Å²) in [5.74, 6) is 0.323. The lowest BCUT2D eigenvalue weighted by atomic mass is 10.3. The predicted octanol–water partition coefficient (Wildman–Crippen LogP) is 1.63. The van der Waals surface area contributed by atoms with Gasteiger partial charge in [-0.25, -0.2) is 9.50 Å². The third kappa shape index (κ3) is 1.93. The van der Waals surface area contributed by atoms with Crippen molar-refractivity contribution in [2.45, 2.75) is 20.8 Å². The summed E-state index contributed by atoms with van der Waals surface area (Å²) >= 11 is 0. The number of H-pyrrole nitrogens is 1. The molecule has 0 spiro atoms. The third-order valence-electron chi connectivity index (χ3n) is 3.09. The van der Waals surface area contributed by atoms with Crippen molar-refractivity contribution in [1.29, 1.82) is 0 Å². The molecule has 0 fully saturated rings. The second-order valence-electron chi connectivity index (χ2n) is 4.71. The molecule has 7 nitrogen and oxygen atoms in total. The molecule has 3 aromatic rings. The molecule has 7 heteroatoms. The average molecular weight is 270 g/mol. The number of aromatic amines is 1. The first-order valence-corrected chi connectivity index (χ1v) is 6.19. The number of hydrogen-bond acceptors (Lipinski definition) is 4. The van der Waals surface area contributed by atoms with Gasteiger partial charge in [0.2, 0.25) is 0 Å². The van der Waals surface area contributed by atoms with Crippen molar-refractivity contribution in [2.24, 2.45) is 0 Å². The van der Waals surface area contributed by atoms with E-state index in [1.165, 1.54) is 6.20 Å². The fraction of sp³-hybridized carbons (Fsp3) is 0.231. The van der Waals surface area contributed by atoms with Crippen LogP contribution in [0.5, 0.6) is 0 Å². The van der Waals surface area contributed by atoms with Crippen LogP contribution in [0.15, 0.2) is 18.5 Å². The predicted molar refractivity (Wildman–Crippen MR) is 73.7 cm³/mol. The molecule has 2 N–H and O–H groups in total. The van der Waals surface area contributed by atoms with Crippen molar-refractivity contribution in [2.75, 3.05) is 5.32 Å². The maximum atomic E-state index is 12.3. The van der Waals surface area contributed by atoms with Gasteiger partial charge in [0.05, 0.1) is 12.4 Å². The highest BCUT2D eigenvalue weighted by atomic mass is 16.1. The molecule has 0 aromatic carbocycles. The van der Waals surface area contributed by atoms with Crippen LogP contribution in [0.4, 0.5) is 5.82 Å². The fourth-order valence-corrected chi connectivity index (χ4v) is 2.08. The van der Waals surface area contributed by atoms with Crippen LogP contribution in [-0.4, -0.2) is 30.7 Å². The van der Waals surface area contributed by atoms with Crippen LogP contribution in [-0.2, 0) is 0 Å². The molecule has 0 saturated carbocycles. The number of rotatable bonds is 2. The molecule has 0 unspecified atom stereocenters. The van der Waals surface area contributed by atoms with E-state index in [0.717, 1.165) is 17.0 Å². The van der Waals surface area contributed by atoms with E-state index in [0.29, 0.717) is 17.0 Å². The zero-order valence-electron chi connectivity index (χ0n) is 11.4. The summed E-state index contributed by atoms with van der Waals surface area (Å²) in [5.41, 5.74) is 3.64. The number of fused-ring (bicyclic) bond motifs is 1. The van der Waals surface area contributed by atoms with Crippen LogP contribution in [0.25, 0.3) is 5.65 Å². The summed E-state index contributed by atoms with van der Waals surface area (Å²) < 4.78 is 1.65. The number of nitrogens with one attached hydrogen (secondary N) is 2. The Morgan fingerprint density at radius 3 is 2.80 bits per heavy atom. The average Bonchev–Trinajstić information content (AvgIpc) is 2.96. The zero-order valence-corrected chi connectivity index (χ0v) is 11.4. The minimum atomic E-state index is -0.259. The van der Waals surface area contributed by atoms with Gasteiger partial charge >= 0.3 is 0 Å². The summed E-state index contributed by atoms with van der Waals surface area (Å²) in [6.45, 7) is 5.68. The molecule has 0 bridgehead atoms. The van der Waals surface area contributed by atoms with E-state index >= 15 is 0 Å². The van der Waals surface area contributed by atoms with E-state index in [1.54, 1.807) is 10.7 Å². The molecule has 3 heterocycles. The monoisotopic (exact) mass is 270 g/mol. The Hall–Kier alpha value is -2.70. The minimum Gasteiger partial charge on any atom is -0.307 e. The molecule has 1 amide bonds. The molecule has 0 atom stereocenters. The highest BCUT2D eigenvalue weighted by Crippen LogP contribution is 2.15. The van der Waals surface area contributed by atoms with Crippen molar-refractivity contribution in [1.82, 2.24) is 24.8 Å². The van der Waals surface area contributed by atoms with Crippen molar-refractivity contribution in [3.8, 4) is 0 Å². The molecule has 3 aromatic heterocycles. The quantitative estimate of drug-likeness (QED) is 0.740. The highest BCUT2D eigenvalue weighted by Gasteiger charge is 2.16. The second kappa shape index (κ2) is 4.44. The van der Waals surface area contributed by atoms with Gasteiger partial charge in [-0.05, 0) is 26.8 Å². The van der Waals surface area contributed by atoms with Gasteiger partial charge in [0, 0.05) is 17.0 Å². The number of carbonyl (C=O) groups excluding carboxylic acids is 1. The van der Waals surface area contributed by atoms with E-state index in [-0.39, 0.29) is 5.91 Å². The maximum absolute atomic E-state index is 12.3. The van der Waals surface area contributed by atoms with Crippen molar-refractivity contribution in [3.63, 3.8) is 0 Å². The lowest BCUT2D eigenvalue weighted by Crippen LogP contribution is -2.13. The van der Waals surface area contributed by atoms with Gasteiger partial charge in [-0.1, -0.05) is 0 Å². The van der Waals surface area contributed by atoms with Gasteiger partial charge in [-0.3, -0.25) is 9.89 Å². The molecule has 0 aliphatic carbocycles. The topological polar surface area (TPSA) is 88.0 Å². The standard InChI is InChI=1S/C13H14N6O/c1-7-5-14-18-11(7)17-13(20)10-6-15-19-9(3)4-8(2)16-12(10)19/h4-6H,1-3H3,(H2,14,17,18,20). The van der Waals surface area contributed by atoms with E-state index in [4.69, 9.17) is 0 Å². The Bertz CT molecular complexity index is 800. The normalized spacial score (nSPS) is 10.9. The van der Waals surface area contributed by atoms with Gasteiger partial charge in [0.25, 0.3) is 5.91 Å². The summed E-state index contributed by atoms with van der Waals surface area (Å²) in [5, 5.41) is 13.6. The van der Waals surface area contributed by atoms with Crippen LogP contribution in [0.3, 0.4) is 0 Å². The van der Waals surface area contributed by atoms with Gasteiger partial charge in [0.1, 0.15) is 11.4 Å². The second-order valence-corrected chi connectivity index (χ2v) is 4.71. The van der Waals surface area contributed by atoms with Crippen molar-refractivity contribution >= 4 is 17.4 Å². The van der Waals surface area contributed by atoms with Crippen LogP contribution < -0.4 is 5.32 Å². The Balaban J connectivity index is 2.02. The molecule has 0 saturated heterocycles. The first-order valence-electron chi connectivity index (χ1n) is 6.19. The highest BCUT2D eigenvalue weighted by molar-refractivity contribution is 6.08. The molecule has 20 heavy (non-hydrogen) atoms. The van der Waals surface area contributed by atoms with Gasteiger partial charge in [-0.15, -0.1) is 0 Å². The van der Waals surface area contributed by atoms with Crippen molar-refractivity contribution < 1.29 is 4.79 Å². The fourth-order valence-electron chi connectivity index (χ4n) is 2.08. The molecule has 3 rings (SSSR count). The van der Waals surface area contributed by atoms with E-state index in [9.17, 15) is 4.79 Å². The van der Waals surface area contributed by atoms with Gasteiger partial charge in [-0.2, -0.15) is 10.2 Å². The SMILES string of the molecule is Cc1cc(C)n2ncc(C(=O)Nc3[nH]ncc3C)c2n1. The maximum Gasteiger partial charge on any atom is 0.262 e. The number of aromatic nitrogens is 5. The molecule has 0 aliphatic heterocycles. The molecule has 0 aliphatic rings. The van der Waals surface area contributed by atoms with E-state index in [1.807, 2.05) is 26.8 Å². The van der Waals surface area contributed by atoms with Gasteiger partial charge in [0.15, 0.2) is 5.65 Å².